The van der Waals surface area contributed by atoms with Crippen LogP contribution in [0.15, 0.2) is 30.3 Å². The Balaban J connectivity index is 2.69. The van der Waals surface area contributed by atoms with E-state index in [2.05, 4.69) is 9.47 Å². The van der Waals surface area contributed by atoms with Gasteiger partial charge in [0.2, 0.25) is 0 Å². The topological polar surface area (TPSA) is 35.5 Å². The van der Waals surface area contributed by atoms with Crippen LogP contribution in [0.25, 0.3) is 0 Å². The number of esters is 1. The lowest BCUT2D eigenvalue weighted by Crippen LogP contribution is -2.34. The third-order valence-corrected chi connectivity index (χ3v) is 2.21. The van der Waals surface area contributed by atoms with Gasteiger partial charge in [0.25, 0.3) is 0 Å². The van der Waals surface area contributed by atoms with E-state index in [1.165, 1.54) is 19.2 Å². The zero-order valence-electron chi connectivity index (χ0n) is 9.74. The largest absolute Gasteiger partial charge is 0.449 e. The molecule has 0 heterocycles. The monoisotopic (exact) mass is 262 g/mol. The fourth-order valence-electron chi connectivity index (χ4n) is 1.29. The highest BCUT2D eigenvalue weighted by Gasteiger charge is 2.42. The minimum atomic E-state index is -4.59. The molecule has 0 fully saturated rings. The van der Waals surface area contributed by atoms with Crippen molar-refractivity contribution in [1.29, 1.82) is 0 Å². The molecule has 18 heavy (non-hydrogen) atoms. The van der Waals surface area contributed by atoms with E-state index in [-0.39, 0.29) is 12.2 Å². The Morgan fingerprint density at radius 3 is 2.39 bits per heavy atom. The van der Waals surface area contributed by atoms with Crippen LogP contribution in [-0.4, -0.2) is 32.0 Å². The highest BCUT2D eigenvalue weighted by atomic mass is 19.4. The molecule has 0 amide bonds. The normalized spacial score (nSPS) is 13.1. The predicted octanol–water partition coefficient (Wildman–Crippen LogP) is 2.81. The van der Waals surface area contributed by atoms with Crippen LogP contribution in [0, 0.1) is 0 Å². The molecular weight excluding hydrogens is 249 g/mol. The molecular formula is C12H13F3O3. The molecule has 0 unspecified atom stereocenters. The first-order valence-electron chi connectivity index (χ1n) is 5.27. The molecule has 0 aliphatic rings. The van der Waals surface area contributed by atoms with Gasteiger partial charge >= 0.3 is 12.1 Å². The van der Waals surface area contributed by atoms with Gasteiger partial charge in [0, 0.05) is 13.5 Å². The van der Waals surface area contributed by atoms with Crippen LogP contribution in [-0.2, 0) is 9.47 Å². The first kappa shape index (κ1) is 14.5. The van der Waals surface area contributed by atoms with E-state index in [0.717, 1.165) is 0 Å². The van der Waals surface area contributed by atoms with Crippen molar-refractivity contribution in [2.24, 2.45) is 0 Å². The van der Waals surface area contributed by atoms with Gasteiger partial charge < -0.3 is 9.47 Å². The van der Waals surface area contributed by atoms with Crippen LogP contribution >= 0.6 is 0 Å². The van der Waals surface area contributed by atoms with Gasteiger partial charge in [0.05, 0.1) is 12.2 Å². The maximum Gasteiger partial charge on any atom is 0.425 e. The van der Waals surface area contributed by atoms with Crippen molar-refractivity contribution in [3.05, 3.63) is 35.9 Å². The lowest BCUT2D eigenvalue weighted by atomic mass is 10.2. The summed E-state index contributed by atoms with van der Waals surface area (Å²) in [6, 6.07) is 7.55. The van der Waals surface area contributed by atoms with Gasteiger partial charge in [0.1, 0.15) is 0 Å². The number of rotatable bonds is 5. The van der Waals surface area contributed by atoms with E-state index in [1.807, 2.05) is 0 Å². The van der Waals surface area contributed by atoms with Crippen molar-refractivity contribution in [3.63, 3.8) is 0 Å². The third kappa shape index (κ3) is 4.37. The third-order valence-electron chi connectivity index (χ3n) is 2.21. The van der Waals surface area contributed by atoms with Crippen molar-refractivity contribution in [2.75, 3.05) is 13.7 Å². The number of benzene rings is 1. The van der Waals surface area contributed by atoms with Crippen LogP contribution in [0.3, 0.4) is 0 Å². The molecule has 0 saturated carbocycles. The molecule has 0 bridgehead atoms. The zero-order valence-corrected chi connectivity index (χ0v) is 9.74. The Hall–Kier alpha value is -1.56. The average molecular weight is 262 g/mol. The Morgan fingerprint density at radius 1 is 1.28 bits per heavy atom. The fraction of sp³-hybridized carbons (Fsp3) is 0.417. The van der Waals surface area contributed by atoms with Crippen LogP contribution < -0.4 is 0 Å². The van der Waals surface area contributed by atoms with E-state index >= 15 is 0 Å². The van der Waals surface area contributed by atoms with Crippen LogP contribution in [0.5, 0.6) is 0 Å². The standard InChI is InChI=1S/C12H13F3O3/c1-17-8-7-10(12(13,14)15)18-11(16)9-5-3-2-4-6-9/h2-6,10H,7-8H2,1H3/t10-/m1/s1. The van der Waals surface area contributed by atoms with Crippen molar-refractivity contribution >= 4 is 5.97 Å². The number of hydrogen-bond acceptors (Lipinski definition) is 3. The fourth-order valence-corrected chi connectivity index (χ4v) is 1.29. The summed E-state index contributed by atoms with van der Waals surface area (Å²) in [6.07, 6.45) is -7.16. The first-order valence-corrected chi connectivity index (χ1v) is 5.27. The van der Waals surface area contributed by atoms with E-state index in [0.29, 0.717) is 0 Å². The van der Waals surface area contributed by atoms with Crippen LogP contribution in [0.2, 0.25) is 0 Å². The Labute approximate surface area is 103 Å². The highest BCUT2D eigenvalue weighted by molar-refractivity contribution is 5.89. The summed E-state index contributed by atoms with van der Waals surface area (Å²) in [5.74, 6) is -0.992. The Kier molecular flexibility index (Phi) is 5.15. The van der Waals surface area contributed by atoms with Gasteiger partial charge in [-0.3, -0.25) is 0 Å². The summed E-state index contributed by atoms with van der Waals surface area (Å²) in [6.45, 7) is -0.133. The number of carbonyl (C=O) groups is 1. The van der Waals surface area contributed by atoms with Crippen molar-refractivity contribution in [2.45, 2.75) is 18.7 Å². The highest BCUT2D eigenvalue weighted by Crippen LogP contribution is 2.26. The van der Waals surface area contributed by atoms with Gasteiger partial charge in [-0.2, -0.15) is 13.2 Å². The minimum absolute atomic E-state index is 0.0872. The van der Waals surface area contributed by atoms with Crippen LogP contribution in [0.4, 0.5) is 13.2 Å². The molecule has 0 spiro atoms. The smallest absolute Gasteiger partial charge is 0.425 e. The molecule has 100 valence electrons. The molecule has 0 saturated heterocycles. The van der Waals surface area contributed by atoms with Gasteiger partial charge in [0.15, 0.2) is 6.10 Å². The molecule has 6 heteroatoms. The SMILES string of the molecule is COCC[C@@H](OC(=O)c1ccccc1)C(F)(F)F. The Morgan fingerprint density at radius 2 is 1.89 bits per heavy atom. The van der Waals surface area contributed by atoms with Gasteiger partial charge in [-0.15, -0.1) is 0 Å². The minimum Gasteiger partial charge on any atom is -0.449 e. The molecule has 1 rings (SSSR count). The quantitative estimate of drug-likeness (QED) is 0.765. The lowest BCUT2D eigenvalue weighted by molar-refractivity contribution is -0.208. The second-order valence-corrected chi connectivity index (χ2v) is 3.58. The molecule has 0 radical (unpaired) electrons. The van der Waals surface area contributed by atoms with E-state index in [4.69, 9.17) is 0 Å². The van der Waals surface area contributed by atoms with Gasteiger partial charge in [-0.1, -0.05) is 18.2 Å². The van der Waals surface area contributed by atoms with Gasteiger partial charge in [-0.05, 0) is 12.1 Å². The van der Waals surface area contributed by atoms with Crippen molar-refractivity contribution in [1.82, 2.24) is 0 Å². The molecule has 0 aliphatic carbocycles. The summed E-state index contributed by atoms with van der Waals surface area (Å²) in [7, 11) is 1.28. The van der Waals surface area contributed by atoms with Gasteiger partial charge in [-0.25, -0.2) is 4.79 Å². The summed E-state index contributed by atoms with van der Waals surface area (Å²) in [5.41, 5.74) is 0.0872. The number of methoxy groups -OCH3 is 1. The molecule has 0 aromatic heterocycles. The summed E-state index contributed by atoms with van der Waals surface area (Å²) < 4.78 is 46.8. The van der Waals surface area contributed by atoms with E-state index in [1.54, 1.807) is 18.2 Å². The molecule has 1 atom stereocenters. The van der Waals surface area contributed by atoms with Crippen LogP contribution in [0.1, 0.15) is 16.8 Å². The number of alkyl halides is 3. The maximum atomic E-state index is 12.6. The zero-order chi connectivity index (χ0) is 13.6. The average Bonchev–Trinajstić information content (AvgIpc) is 2.34. The second kappa shape index (κ2) is 6.39. The number of ether oxygens (including phenoxy) is 2. The second-order valence-electron chi connectivity index (χ2n) is 3.58. The van der Waals surface area contributed by atoms with E-state index < -0.39 is 24.7 Å². The summed E-state index contributed by atoms with van der Waals surface area (Å²) in [5, 5.41) is 0. The number of carbonyl (C=O) groups excluding carboxylic acids is 1. The molecule has 3 nitrogen and oxygen atoms in total. The summed E-state index contributed by atoms with van der Waals surface area (Å²) >= 11 is 0. The van der Waals surface area contributed by atoms with Crippen molar-refractivity contribution in [3.8, 4) is 0 Å². The number of hydrogen-bond donors (Lipinski definition) is 0. The molecule has 0 N–H and O–H groups in total. The molecule has 1 aromatic carbocycles. The predicted molar refractivity (Wildman–Crippen MR) is 58.2 cm³/mol. The summed E-state index contributed by atoms with van der Waals surface area (Å²) in [4.78, 5) is 11.5. The number of halogens is 3. The maximum absolute atomic E-state index is 12.6. The first-order chi connectivity index (χ1) is 8.45. The van der Waals surface area contributed by atoms with Crippen molar-refractivity contribution < 1.29 is 27.4 Å². The molecule has 1 aromatic rings. The lowest BCUT2D eigenvalue weighted by Gasteiger charge is -2.20. The van der Waals surface area contributed by atoms with E-state index in [9.17, 15) is 18.0 Å². The Bertz CT molecular complexity index is 376. The molecule has 0 aliphatic heterocycles.